The Bertz CT molecular complexity index is 162. The van der Waals surface area contributed by atoms with Crippen LogP contribution in [0.3, 0.4) is 0 Å². The normalized spacial score (nSPS) is 10.1. The largest absolute Gasteiger partial charge is 0.374 e. The van der Waals surface area contributed by atoms with Gasteiger partial charge in [-0.1, -0.05) is 0 Å². The van der Waals surface area contributed by atoms with E-state index in [-0.39, 0.29) is 0 Å². The highest BCUT2D eigenvalue weighted by atomic mass is 16.5. The molecular weight excluding hydrogens is 130 g/mol. The average molecular weight is 141 g/mol. The van der Waals surface area contributed by atoms with Crippen LogP contribution in [-0.4, -0.2) is 23.1 Å². The highest BCUT2D eigenvalue weighted by molar-refractivity contribution is 4.91. The molecule has 0 aliphatic rings. The van der Waals surface area contributed by atoms with Gasteiger partial charge in [0.25, 0.3) is 0 Å². The lowest BCUT2D eigenvalue weighted by Crippen LogP contribution is -2.08. The van der Waals surface area contributed by atoms with Crippen LogP contribution in [0.15, 0.2) is 12.5 Å². The van der Waals surface area contributed by atoms with E-state index >= 15 is 0 Å². The Morgan fingerprint density at radius 2 is 2.60 bits per heavy atom. The minimum Gasteiger partial charge on any atom is -0.374 e. The highest BCUT2D eigenvalue weighted by Crippen LogP contribution is 1.92. The number of hydrogen-bond acceptors (Lipinski definition) is 3. The first-order chi connectivity index (χ1) is 4.93. The molecule has 3 N–H and O–H groups in total. The lowest BCUT2D eigenvalue weighted by atomic mass is 10.5. The van der Waals surface area contributed by atoms with Crippen molar-refractivity contribution in [3.05, 3.63) is 18.2 Å². The quantitative estimate of drug-likeness (QED) is 0.575. The molecule has 56 valence electrons. The molecule has 0 saturated heterocycles. The van der Waals surface area contributed by atoms with Gasteiger partial charge in [-0.3, -0.25) is 0 Å². The molecule has 0 spiro atoms. The van der Waals surface area contributed by atoms with Crippen molar-refractivity contribution in [1.82, 2.24) is 9.97 Å². The SMILES string of the molecule is NCCOCc1cnc[nH]1. The van der Waals surface area contributed by atoms with Crippen molar-refractivity contribution >= 4 is 0 Å². The average Bonchev–Trinajstić information content (AvgIpc) is 2.41. The van der Waals surface area contributed by atoms with Crippen molar-refractivity contribution in [3.8, 4) is 0 Å². The molecule has 4 nitrogen and oxygen atoms in total. The van der Waals surface area contributed by atoms with Crippen molar-refractivity contribution in [1.29, 1.82) is 0 Å². The summed E-state index contributed by atoms with van der Waals surface area (Å²) in [6, 6.07) is 0. The summed E-state index contributed by atoms with van der Waals surface area (Å²) < 4.78 is 5.13. The van der Waals surface area contributed by atoms with Crippen LogP contribution < -0.4 is 5.73 Å². The van der Waals surface area contributed by atoms with E-state index in [9.17, 15) is 0 Å². The fraction of sp³-hybridized carbons (Fsp3) is 0.500. The van der Waals surface area contributed by atoms with Gasteiger partial charge in [0.15, 0.2) is 0 Å². The van der Waals surface area contributed by atoms with Gasteiger partial charge in [0.1, 0.15) is 0 Å². The van der Waals surface area contributed by atoms with E-state index in [2.05, 4.69) is 9.97 Å². The van der Waals surface area contributed by atoms with Crippen molar-refractivity contribution in [2.45, 2.75) is 6.61 Å². The molecule has 1 aromatic rings. The zero-order valence-corrected chi connectivity index (χ0v) is 5.71. The molecule has 4 heteroatoms. The highest BCUT2D eigenvalue weighted by Gasteiger charge is 1.90. The summed E-state index contributed by atoms with van der Waals surface area (Å²) in [5.74, 6) is 0. The molecule has 1 heterocycles. The van der Waals surface area contributed by atoms with E-state index in [1.165, 1.54) is 0 Å². The maximum atomic E-state index is 5.22. The summed E-state index contributed by atoms with van der Waals surface area (Å²) in [6.07, 6.45) is 3.36. The Morgan fingerprint density at radius 1 is 1.70 bits per heavy atom. The predicted octanol–water partition coefficient (Wildman–Crippen LogP) is -0.115. The van der Waals surface area contributed by atoms with Gasteiger partial charge in [-0.25, -0.2) is 4.98 Å². The lowest BCUT2D eigenvalue weighted by Gasteiger charge is -1.97. The molecule has 0 atom stereocenters. The first-order valence-electron chi connectivity index (χ1n) is 3.18. The fourth-order valence-electron chi connectivity index (χ4n) is 0.629. The fourth-order valence-corrected chi connectivity index (χ4v) is 0.629. The molecule has 0 amide bonds. The van der Waals surface area contributed by atoms with Crippen LogP contribution in [0.4, 0.5) is 0 Å². The molecule has 0 radical (unpaired) electrons. The molecule has 0 saturated carbocycles. The maximum Gasteiger partial charge on any atom is 0.0922 e. The van der Waals surface area contributed by atoms with Gasteiger partial charge in [-0.15, -0.1) is 0 Å². The Kier molecular flexibility index (Phi) is 2.92. The molecule has 1 rings (SSSR count). The molecule has 0 aromatic carbocycles. The molecule has 0 fully saturated rings. The first-order valence-corrected chi connectivity index (χ1v) is 3.18. The van der Waals surface area contributed by atoms with Gasteiger partial charge in [-0.05, 0) is 0 Å². The van der Waals surface area contributed by atoms with Crippen molar-refractivity contribution in [2.75, 3.05) is 13.2 Å². The summed E-state index contributed by atoms with van der Waals surface area (Å²) in [4.78, 5) is 6.75. The Labute approximate surface area is 59.4 Å². The van der Waals surface area contributed by atoms with Crippen LogP contribution in [0.5, 0.6) is 0 Å². The second-order valence-electron chi connectivity index (χ2n) is 1.92. The van der Waals surface area contributed by atoms with Gasteiger partial charge in [0.05, 0.1) is 31.4 Å². The summed E-state index contributed by atoms with van der Waals surface area (Å²) >= 11 is 0. The Hall–Kier alpha value is -0.870. The molecule has 10 heavy (non-hydrogen) atoms. The third kappa shape index (κ3) is 2.16. The second kappa shape index (κ2) is 4.03. The predicted molar refractivity (Wildman–Crippen MR) is 37.3 cm³/mol. The number of nitrogens with zero attached hydrogens (tertiary/aromatic N) is 1. The first kappa shape index (κ1) is 7.24. The summed E-state index contributed by atoms with van der Waals surface area (Å²) in [5, 5.41) is 0. The van der Waals surface area contributed by atoms with Crippen LogP contribution >= 0.6 is 0 Å². The van der Waals surface area contributed by atoms with Gasteiger partial charge < -0.3 is 15.5 Å². The van der Waals surface area contributed by atoms with Crippen LogP contribution in [-0.2, 0) is 11.3 Å². The zero-order chi connectivity index (χ0) is 7.23. The standard InChI is InChI=1S/C6H11N3O/c7-1-2-10-4-6-3-8-5-9-6/h3,5H,1-2,4,7H2,(H,8,9). The molecule has 0 aliphatic heterocycles. The minimum atomic E-state index is 0.564. The molecule has 0 bridgehead atoms. The molecular formula is C6H11N3O. The van der Waals surface area contributed by atoms with Gasteiger partial charge in [-0.2, -0.15) is 0 Å². The third-order valence-corrected chi connectivity index (χ3v) is 1.07. The topological polar surface area (TPSA) is 63.9 Å². The van der Waals surface area contributed by atoms with E-state index in [1.54, 1.807) is 12.5 Å². The van der Waals surface area contributed by atoms with Crippen molar-refractivity contribution < 1.29 is 4.74 Å². The number of nitrogens with one attached hydrogen (secondary N) is 1. The monoisotopic (exact) mass is 141 g/mol. The number of nitrogens with two attached hydrogens (primary N) is 1. The number of hydrogen-bond donors (Lipinski definition) is 2. The van der Waals surface area contributed by atoms with Crippen LogP contribution in [0.1, 0.15) is 5.69 Å². The van der Waals surface area contributed by atoms with Crippen molar-refractivity contribution in [2.24, 2.45) is 5.73 Å². The van der Waals surface area contributed by atoms with E-state index in [0.717, 1.165) is 5.69 Å². The number of H-pyrrole nitrogens is 1. The van der Waals surface area contributed by atoms with E-state index < -0.39 is 0 Å². The van der Waals surface area contributed by atoms with Gasteiger partial charge in [0.2, 0.25) is 0 Å². The van der Waals surface area contributed by atoms with Gasteiger partial charge >= 0.3 is 0 Å². The van der Waals surface area contributed by atoms with Crippen molar-refractivity contribution in [3.63, 3.8) is 0 Å². The number of aromatic amines is 1. The number of rotatable bonds is 4. The van der Waals surface area contributed by atoms with Gasteiger partial charge in [0, 0.05) is 6.54 Å². The minimum absolute atomic E-state index is 0.564. The van der Waals surface area contributed by atoms with Crippen LogP contribution in [0.2, 0.25) is 0 Å². The third-order valence-electron chi connectivity index (χ3n) is 1.07. The smallest absolute Gasteiger partial charge is 0.0922 e. The molecule has 0 aliphatic carbocycles. The lowest BCUT2D eigenvalue weighted by molar-refractivity contribution is 0.126. The zero-order valence-electron chi connectivity index (χ0n) is 5.71. The van der Waals surface area contributed by atoms with Crippen LogP contribution in [0.25, 0.3) is 0 Å². The summed E-state index contributed by atoms with van der Waals surface area (Å²) in [7, 11) is 0. The number of aromatic nitrogens is 2. The van der Waals surface area contributed by atoms with E-state index in [1.807, 2.05) is 0 Å². The second-order valence-corrected chi connectivity index (χ2v) is 1.92. The molecule has 1 aromatic heterocycles. The van der Waals surface area contributed by atoms with E-state index in [4.69, 9.17) is 10.5 Å². The summed E-state index contributed by atoms with van der Waals surface area (Å²) in [5.41, 5.74) is 6.20. The van der Waals surface area contributed by atoms with Crippen LogP contribution in [0, 0.1) is 0 Å². The maximum absolute atomic E-state index is 5.22. The van der Waals surface area contributed by atoms with E-state index in [0.29, 0.717) is 19.8 Å². The Morgan fingerprint density at radius 3 is 3.20 bits per heavy atom. The number of imidazole rings is 1. The summed E-state index contributed by atoms with van der Waals surface area (Å²) in [6.45, 7) is 1.73. The molecule has 0 unspecified atom stereocenters. The Balaban J connectivity index is 2.15. The number of ether oxygens (including phenoxy) is 1.